The van der Waals surface area contributed by atoms with E-state index in [0.717, 1.165) is 32.7 Å². The smallest absolute Gasteiger partial charge is 0.388 e. The Kier molecular flexibility index (Phi) is 5.48. The first-order chi connectivity index (χ1) is 15.3. The summed E-state index contributed by atoms with van der Waals surface area (Å²) in [6, 6.07) is 28.0. The van der Waals surface area contributed by atoms with Crippen LogP contribution in [0.5, 0.6) is 6.08 Å². The Morgan fingerprint density at radius 2 is 1.45 bits per heavy atom. The van der Waals surface area contributed by atoms with E-state index in [2.05, 4.69) is 16.3 Å². The van der Waals surface area contributed by atoms with E-state index >= 15 is 0 Å². The highest BCUT2D eigenvalue weighted by Crippen LogP contribution is 2.37. The molecule has 4 aromatic carbocycles. The lowest BCUT2D eigenvalue weighted by Gasteiger charge is -2.08. The third kappa shape index (κ3) is 4.22. The van der Waals surface area contributed by atoms with Crippen LogP contribution in [0, 0.1) is 0 Å². The zero-order chi connectivity index (χ0) is 21.0. The number of benzene rings is 4. The van der Waals surface area contributed by atoms with Gasteiger partial charge in [0.2, 0.25) is 0 Å². The Hall–Kier alpha value is -3.47. The van der Waals surface area contributed by atoms with Crippen molar-refractivity contribution < 1.29 is 18.0 Å². The summed E-state index contributed by atoms with van der Waals surface area (Å²) in [4.78, 5) is 0. The van der Waals surface area contributed by atoms with Crippen LogP contribution in [0.1, 0.15) is 5.56 Å². The molecule has 5 aromatic rings. The molecule has 0 amide bonds. The highest BCUT2D eigenvalue weighted by molar-refractivity contribution is 7.33. The Bertz CT molecular complexity index is 1310. The van der Waals surface area contributed by atoms with E-state index in [1.165, 1.54) is 0 Å². The van der Waals surface area contributed by atoms with Crippen molar-refractivity contribution in [2.24, 2.45) is 0 Å². The molecular formula is C24H19N2O4P. The number of aromatic nitrogens is 2. The van der Waals surface area contributed by atoms with Gasteiger partial charge in [0.15, 0.2) is 0 Å². The van der Waals surface area contributed by atoms with E-state index in [0.29, 0.717) is 12.3 Å². The van der Waals surface area contributed by atoms with E-state index in [1.54, 1.807) is 0 Å². The monoisotopic (exact) mass is 430 g/mol. The van der Waals surface area contributed by atoms with Crippen LogP contribution in [0.2, 0.25) is 0 Å². The minimum Gasteiger partial charge on any atom is -0.388 e. The molecule has 0 bridgehead atoms. The highest BCUT2D eigenvalue weighted by Gasteiger charge is 2.17. The molecule has 0 aliphatic rings. The van der Waals surface area contributed by atoms with Gasteiger partial charge < -0.3 is 13.5 Å². The lowest BCUT2D eigenvalue weighted by Crippen LogP contribution is -1.95. The minimum atomic E-state index is -2.81. The normalized spacial score (nSPS) is 12.3. The molecule has 5 rings (SSSR count). The predicted octanol–water partition coefficient (Wildman–Crippen LogP) is 6.07. The van der Waals surface area contributed by atoms with Crippen LogP contribution in [0.15, 0.2) is 89.3 Å². The molecule has 0 spiro atoms. The summed E-state index contributed by atoms with van der Waals surface area (Å²) in [6.07, 6.45) is 0.466. The third-order valence-electron chi connectivity index (χ3n) is 5.02. The van der Waals surface area contributed by atoms with E-state index in [-0.39, 0.29) is 12.7 Å². The van der Waals surface area contributed by atoms with E-state index < -0.39 is 8.25 Å². The molecule has 1 aromatic heterocycles. The second-order valence-corrected chi connectivity index (χ2v) is 8.00. The van der Waals surface area contributed by atoms with Crippen LogP contribution in [0.4, 0.5) is 0 Å². The summed E-state index contributed by atoms with van der Waals surface area (Å²) < 4.78 is 28.5. The van der Waals surface area contributed by atoms with Gasteiger partial charge in [0.25, 0.3) is 5.89 Å². The zero-order valence-electron chi connectivity index (χ0n) is 16.5. The van der Waals surface area contributed by atoms with Crippen molar-refractivity contribution in [3.05, 3.63) is 90.5 Å². The van der Waals surface area contributed by atoms with Gasteiger partial charge in [-0.15, -0.1) is 5.10 Å². The lowest BCUT2D eigenvalue weighted by atomic mass is 9.97. The Morgan fingerprint density at radius 1 is 0.806 bits per heavy atom. The largest absolute Gasteiger partial charge is 0.421 e. The van der Waals surface area contributed by atoms with E-state index in [9.17, 15) is 4.57 Å². The van der Waals surface area contributed by atoms with Gasteiger partial charge in [-0.2, -0.15) is 0 Å². The topological polar surface area (TPSA) is 74.5 Å². The molecule has 1 atom stereocenters. The molecule has 0 aliphatic carbocycles. The Balaban J connectivity index is 1.37. The van der Waals surface area contributed by atoms with Gasteiger partial charge >= 0.3 is 14.3 Å². The third-order valence-corrected chi connectivity index (χ3v) is 5.80. The van der Waals surface area contributed by atoms with Crippen LogP contribution in [0.25, 0.3) is 33.0 Å². The molecular weight excluding hydrogens is 411 g/mol. The fourth-order valence-electron chi connectivity index (χ4n) is 3.59. The van der Waals surface area contributed by atoms with Crippen molar-refractivity contribution in [2.45, 2.75) is 6.42 Å². The standard InChI is InChI=1S/C24H19N2O4P/c27-31(28-15-14-17-8-2-1-3-9-17)30-24-26-25-23(29-24)22-20-12-6-4-10-18(20)16-19-11-5-7-13-21(19)22/h1-13,16,31H,14-15H2. The Morgan fingerprint density at radius 3 is 2.16 bits per heavy atom. The average molecular weight is 430 g/mol. The minimum absolute atomic E-state index is 0.171. The molecule has 0 radical (unpaired) electrons. The zero-order valence-corrected chi connectivity index (χ0v) is 17.5. The second kappa shape index (κ2) is 8.72. The van der Waals surface area contributed by atoms with Crippen LogP contribution in [-0.4, -0.2) is 16.8 Å². The van der Waals surface area contributed by atoms with Crippen LogP contribution in [-0.2, 0) is 15.5 Å². The van der Waals surface area contributed by atoms with Crippen LogP contribution >= 0.6 is 8.25 Å². The molecule has 6 nitrogen and oxygen atoms in total. The number of hydrogen-bond donors (Lipinski definition) is 0. The van der Waals surface area contributed by atoms with Crippen molar-refractivity contribution in [3.8, 4) is 17.5 Å². The highest BCUT2D eigenvalue weighted by atomic mass is 31.1. The lowest BCUT2D eigenvalue weighted by molar-refractivity contribution is 0.267. The van der Waals surface area contributed by atoms with Crippen LogP contribution in [0.3, 0.4) is 0 Å². The maximum absolute atomic E-state index is 12.2. The molecule has 0 saturated heterocycles. The second-order valence-electron chi connectivity index (χ2n) is 7.00. The van der Waals surface area contributed by atoms with Gasteiger partial charge in [0.05, 0.1) is 12.2 Å². The van der Waals surface area contributed by atoms with Crippen molar-refractivity contribution in [2.75, 3.05) is 6.61 Å². The maximum Gasteiger partial charge on any atom is 0.421 e. The van der Waals surface area contributed by atoms with Crippen molar-refractivity contribution in [1.29, 1.82) is 0 Å². The molecule has 0 saturated carbocycles. The summed E-state index contributed by atoms with van der Waals surface area (Å²) in [6.45, 7) is 0.275. The molecule has 7 heteroatoms. The average Bonchev–Trinajstić information content (AvgIpc) is 3.26. The maximum atomic E-state index is 12.2. The molecule has 31 heavy (non-hydrogen) atoms. The first-order valence-corrected chi connectivity index (χ1v) is 11.1. The summed E-state index contributed by atoms with van der Waals surface area (Å²) >= 11 is 0. The van der Waals surface area contributed by atoms with Crippen molar-refractivity contribution >= 4 is 29.8 Å². The molecule has 0 aliphatic heterocycles. The van der Waals surface area contributed by atoms with Crippen LogP contribution < -0.4 is 4.52 Å². The summed E-state index contributed by atoms with van der Waals surface area (Å²) in [5, 5.41) is 12.2. The van der Waals surface area contributed by atoms with Gasteiger partial charge in [0.1, 0.15) is 0 Å². The molecule has 154 valence electrons. The summed E-state index contributed by atoms with van der Waals surface area (Å²) in [7, 11) is -2.81. The first kappa shape index (κ1) is 19.5. The number of hydrogen-bond acceptors (Lipinski definition) is 6. The predicted molar refractivity (Wildman–Crippen MR) is 120 cm³/mol. The van der Waals surface area contributed by atoms with Gasteiger partial charge in [-0.05, 0) is 39.6 Å². The fourth-order valence-corrected chi connectivity index (χ4v) is 4.15. The van der Waals surface area contributed by atoms with Gasteiger partial charge in [-0.3, -0.25) is 0 Å². The molecule has 0 fully saturated rings. The van der Waals surface area contributed by atoms with Gasteiger partial charge in [-0.1, -0.05) is 84.0 Å². The van der Waals surface area contributed by atoms with Crippen molar-refractivity contribution in [3.63, 3.8) is 0 Å². The van der Waals surface area contributed by atoms with Crippen molar-refractivity contribution in [1.82, 2.24) is 10.2 Å². The van der Waals surface area contributed by atoms with E-state index in [4.69, 9.17) is 13.5 Å². The quantitative estimate of drug-likeness (QED) is 0.230. The van der Waals surface area contributed by atoms with Gasteiger partial charge in [0, 0.05) is 0 Å². The number of rotatable bonds is 7. The number of nitrogens with zero attached hydrogens (tertiary/aromatic N) is 2. The summed E-state index contributed by atoms with van der Waals surface area (Å²) in [5.74, 6) is 0.307. The fraction of sp³-hybridized carbons (Fsp3) is 0.0833. The molecule has 1 heterocycles. The Labute approximate surface area is 179 Å². The summed E-state index contributed by atoms with van der Waals surface area (Å²) in [5.41, 5.74) is 1.92. The van der Waals surface area contributed by atoms with E-state index in [1.807, 2.05) is 78.9 Å². The first-order valence-electron chi connectivity index (χ1n) is 9.91. The molecule has 1 unspecified atom stereocenters. The number of fused-ring (bicyclic) bond motifs is 2. The van der Waals surface area contributed by atoms with Gasteiger partial charge in [-0.25, -0.2) is 4.57 Å². The SMILES string of the molecule is O=[PH](OCCc1ccccc1)Oc1nnc(-c2c3ccccc3cc3ccccc23)o1. The molecule has 0 N–H and O–H groups in total.